The van der Waals surface area contributed by atoms with Crippen LogP contribution in [0, 0.1) is 0 Å². The summed E-state index contributed by atoms with van der Waals surface area (Å²) in [5.74, 6) is 0.486. The van der Waals surface area contributed by atoms with E-state index in [2.05, 4.69) is 15.9 Å². The number of benzene rings is 1. The van der Waals surface area contributed by atoms with Crippen LogP contribution in [0.25, 0.3) is 0 Å². The smallest absolute Gasteiger partial charge is 0.152 e. The summed E-state index contributed by atoms with van der Waals surface area (Å²) < 4.78 is 23.9. The highest BCUT2D eigenvalue weighted by molar-refractivity contribution is 9.10. The van der Waals surface area contributed by atoms with Crippen molar-refractivity contribution in [2.24, 2.45) is 0 Å². The minimum atomic E-state index is -2.88. The monoisotopic (exact) mass is 347 g/mol. The second-order valence-electron chi connectivity index (χ2n) is 5.05. The highest BCUT2D eigenvalue weighted by Gasteiger charge is 2.31. The molecule has 2 rings (SSSR count). The van der Waals surface area contributed by atoms with E-state index >= 15 is 0 Å². The van der Waals surface area contributed by atoms with Crippen LogP contribution in [0.2, 0.25) is 0 Å². The lowest BCUT2D eigenvalue weighted by molar-refractivity contribution is 0.199. The van der Waals surface area contributed by atoms with Gasteiger partial charge in [0.25, 0.3) is 0 Å². The fourth-order valence-corrected chi connectivity index (χ4v) is 4.80. The molecule has 0 saturated carbocycles. The van der Waals surface area contributed by atoms with Crippen LogP contribution in [0.15, 0.2) is 22.7 Å². The molecule has 0 bridgehead atoms. The molecule has 0 aromatic heterocycles. The standard InChI is InChI=1S/C13H18BrNO3S/c1-9(16)10-3-4-13(12(14)7-10)15(2)11-5-6-19(17,18)8-11/h3-4,7,9,11,16H,5-6,8H2,1-2H3/t9-,11?/m0/s1. The second kappa shape index (κ2) is 5.42. The first-order chi connectivity index (χ1) is 8.80. The quantitative estimate of drug-likeness (QED) is 0.909. The van der Waals surface area contributed by atoms with E-state index in [1.54, 1.807) is 6.92 Å². The molecular formula is C13H18BrNO3S. The Kier molecular flexibility index (Phi) is 4.23. The van der Waals surface area contributed by atoms with Crippen LogP contribution in [-0.2, 0) is 9.84 Å². The molecule has 1 aliphatic rings. The first-order valence-corrected chi connectivity index (χ1v) is 8.82. The summed E-state index contributed by atoms with van der Waals surface area (Å²) in [5, 5.41) is 9.54. The van der Waals surface area contributed by atoms with E-state index in [9.17, 15) is 13.5 Å². The third kappa shape index (κ3) is 3.30. The number of aliphatic hydroxyl groups is 1. The predicted molar refractivity (Wildman–Crippen MR) is 80.2 cm³/mol. The number of hydrogen-bond acceptors (Lipinski definition) is 4. The van der Waals surface area contributed by atoms with Gasteiger partial charge in [-0.2, -0.15) is 0 Å². The van der Waals surface area contributed by atoms with E-state index in [1.807, 2.05) is 30.1 Å². The number of rotatable bonds is 3. The van der Waals surface area contributed by atoms with E-state index in [4.69, 9.17) is 0 Å². The van der Waals surface area contributed by atoms with Gasteiger partial charge in [-0.05, 0) is 47.0 Å². The molecule has 19 heavy (non-hydrogen) atoms. The maximum Gasteiger partial charge on any atom is 0.152 e. The van der Waals surface area contributed by atoms with Crippen LogP contribution in [0.5, 0.6) is 0 Å². The molecule has 1 N–H and O–H groups in total. The van der Waals surface area contributed by atoms with Crippen molar-refractivity contribution in [1.82, 2.24) is 0 Å². The van der Waals surface area contributed by atoms with Gasteiger partial charge in [-0.1, -0.05) is 6.07 Å². The summed E-state index contributed by atoms with van der Waals surface area (Å²) in [7, 11) is -0.970. The topological polar surface area (TPSA) is 57.6 Å². The van der Waals surface area contributed by atoms with Crippen LogP contribution >= 0.6 is 15.9 Å². The predicted octanol–water partition coefficient (Wildman–Crippen LogP) is 2.13. The van der Waals surface area contributed by atoms with Gasteiger partial charge < -0.3 is 10.0 Å². The van der Waals surface area contributed by atoms with Crippen molar-refractivity contribution in [3.05, 3.63) is 28.2 Å². The normalized spacial score (nSPS) is 23.3. The molecule has 0 amide bonds. The summed E-state index contributed by atoms with van der Waals surface area (Å²) >= 11 is 3.49. The molecule has 1 fully saturated rings. The van der Waals surface area contributed by atoms with Crippen molar-refractivity contribution >= 4 is 31.5 Å². The van der Waals surface area contributed by atoms with Crippen molar-refractivity contribution in [2.45, 2.75) is 25.5 Å². The number of hydrogen-bond donors (Lipinski definition) is 1. The van der Waals surface area contributed by atoms with Gasteiger partial charge in [0.1, 0.15) is 0 Å². The zero-order valence-corrected chi connectivity index (χ0v) is 13.4. The minimum Gasteiger partial charge on any atom is -0.389 e. The Balaban J connectivity index is 2.23. The lowest BCUT2D eigenvalue weighted by atomic mass is 10.1. The van der Waals surface area contributed by atoms with Crippen LogP contribution in [0.4, 0.5) is 5.69 Å². The van der Waals surface area contributed by atoms with Crippen molar-refractivity contribution < 1.29 is 13.5 Å². The fourth-order valence-electron chi connectivity index (χ4n) is 2.35. The van der Waals surface area contributed by atoms with Gasteiger partial charge in [-0.25, -0.2) is 8.42 Å². The Hall–Kier alpha value is -0.590. The van der Waals surface area contributed by atoms with Gasteiger partial charge in [-0.15, -0.1) is 0 Å². The molecule has 106 valence electrons. The highest BCUT2D eigenvalue weighted by atomic mass is 79.9. The Morgan fingerprint density at radius 2 is 2.16 bits per heavy atom. The first kappa shape index (κ1) is 14.8. The summed E-state index contributed by atoms with van der Waals surface area (Å²) in [6.07, 6.45) is 0.159. The maximum absolute atomic E-state index is 11.5. The van der Waals surface area contributed by atoms with Crippen LogP contribution in [-0.4, -0.2) is 38.1 Å². The molecule has 1 aliphatic heterocycles. The average Bonchev–Trinajstić information content (AvgIpc) is 2.68. The minimum absolute atomic E-state index is 0.0266. The van der Waals surface area contributed by atoms with Gasteiger partial charge in [0.2, 0.25) is 0 Å². The van der Waals surface area contributed by atoms with E-state index in [0.717, 1.165) is 15.7 Å². The van der Waals surface area contributed by atoms with E-state index in [-0.39, 0.29) is 17.5 Å². The Morgan fingerprint density at radius 1 is 1.47 bits per heavy atom. The molecule has 1 aromatic rings. The highest BCUT2D eigenvalue weighted by Crippen LogP contribution is 2.31. The zero-order chi connectivity index (χ0) is 14.2. The van der Waals surface area contributed by atoms with Crippen LogP contribution < -0.4 is 4.90 Å². The van der Waals surface area contributed by atoms with E-state index in [1.165, 1.54) is 0 Å². The molecule has 0 spiro atoms. The largest absolute Gasteiger partial charge is 0.389 e. The van der Waals surface area contributed by atoms with Crippen molar-refractivity contribution in [3.63, 3.8) is 0 Å². The molecular weight excluding hydrogens is 330 g/mol. The number of sulfone groups is 1. The number of anilines is 1. The lowest BCUT2D eigenvalue weighted by Gasteiger charge is -2.27. The number of halogens is 1. The molecule has 4 nitrogen and oxygen atoms in total. The Labute approximate surface area is 122 Å². The van der Waals surface area contributed by atoms with Gasteiger partial charge >= 0.3 is 0 Å². The van der Waals surface area contributed by atoms with Crippen molar-refractivity contribution in [3.8, 4) is 0 Å². The fraction of sp³-hybridized carbons (Fsp3) is 0.538. The van der Waals surface area contributed by atoms with Crippen molar-refractivity contribution in [1.29, 1.82) is 0 Å². The second-order valence-corrected chi connectivity index (χ2v) is 8.14. The summed E-state index contributed by atoms with van der Waals surface area (Å²) in [6.45, 7) is 1.72. The maximum atomic E-state index is 11.5. The van der Waals surface area contributed by atoms with Crippen molar-refractivity contribution in [2.75, 3.05) is 23.5 Å². The van der Waals surface area contributed by atoms with Gasteiger partial charge in [0, 0.05) is 17.6 Å². The summed E-state index contributed by atoms with van der Waals surface area (Å²) in [5.41, 5.74) is 1.79. The molecule has 1 aromatic carbocycles. The Bertz CT molecular complexity index is 571. The molecule has 2 atom stereocenters. The van der Waals surface area contributed by atoms with E-state index in [0.29, 0.717) is 6.42 Å². The SMILES string of the molecule is C[C@H](O)c1ccc(N(C)C2CCS(=O)(=O)C2)c(Br)c1. The molecule has 1 heterocycles. The van der Waals surface area contributed by atoms with Crippen LogP contribution in [0.3, 0.4) is 0 Å². The average molecular weight is 348 g/mol. The number of aliphatic hydroxyl groups excluding tert-OH is 1. The molecule has 0 radical (unpaired) electrons. The number of nitrogens with zero attached hydrogens (tertiary/aromatic N) is 1. The summed E-state index contributed by atoms with van der Waals surface area (Å²) in [6, 6.07) is 5.68. The van der Waals surface area contributed by atoms with Gasteiger partial charge in [0.05, 0.1) is 23.3 Å². The summed E-state index contributed by atoms with van der Waals surface area (Å²) in [4.78, 5) is 2.00. The Morgan fingerprint density at radius 3 is 2.63 bits per heavy atom. The molecule has 0 aliphatic carbocycles. The van der Waals surface area contributed by atoms with Crippen LogP contribution in [0.1, 0.15) is 25.0 Å². The molecule has 1 saturated heterocycles. The van der Waals surface area contributed by atoms with Gasteiger partial charge in [0.15, 0.2) is 9.84 Å². The molecule has 1 unspecified atom stereocenters. The molecule has 6 heteroatoms. The van der Waals surface area contributed by atoms with E-state index < -0.39 is 15.9 Å². The zero-order valence-electron chi connectivity index (χ0n) is 11.0. The lowest BCUT2D eigenvalue weighted by Crippen LogP contribution is -2.32. The third-order valence-electron chi connectivity index (χ3n) is 3.59. The first-order valence-electron chi connectivity index (χ1n) is 6.21. The van der Waals surface area contributed by atoms with Gasteiger partial charge in [-0.3, -0.25) is 0 Å². The third-order valence-corrected chi connectivity index (χ3v) is 5.98.